The van der Waals surface area contributed by atoms with Crippen molar-refractivity contribution in [2.75, 3.05) is 18.1 Å². The second-order valence-electron chi connectivity index (χ2n) is 4.37. The second-order valence-corrected chi connectivity index (χ2v) is 5.52. The average molecular weight is 211 g/mol. The number of nitrogens with one attached hydrogen (secondary N) is 1. The third-order valence-corrected chi connectivity index (χ3v) is 4.39. The molecule has 1 aliphatic heterocycles. The van der Waals surface area contributed by atoms with Crippen molar-refractivity contribution in [2.45, 2.75) is 44.6 Å². The molecule has 1 nitrogen and oxygen atoms in total. The largest absolute Gasteiger partial charge is 0.313 e. The Kier molecular flexibility index (Phi) is 4.39. The van der Waals surface area contributed by atoms with Gasteiger partial charge in [0.2, 0.25) is 0 Å². The lowest BCUT2D eigenvalue weighted by atomic mass is 10.1. The van der Waals surface area contributed by atoms with Crippen LogP contribution in [0.25, 0.3) is 0 Å². The number of thioether (sulfide) groups is 1. The third-order valence-electron chi connectivity index (χ3n) is 3.17. The van der Waals surface area contributed by atoms with Gasteiger partial charge in [-0.2, -0.15) is 11.8 Å². The van der Waals surface area contributed by atoms with E-state index in [-0.39, 0.29) is 0 Å². The minimum atomic E-state index is 0.802. The van der Waals surface area contributed by atoms with Gasteiger partial charge >= 0.3 is 0 Å². The molecule has 80 valence electrons. The van der Waals surface area contributed by atoms with Crippen LogP contribution in [0.1, 0.15) is 38.5 Å². The molecule has 0 amide bonds. The van der Waals surface area contributed by atoms with Crippen molar-refractivity contribution in [3.05, 3.63) is 11.6 Å². The summed E-state index contributed by atoms with van der Waals surface area (Å²) in [6.45, 7) is 1.21. The normalized spacial score (nSPS) is 27.7. The fraction of sp³-hybridized carbons (Fsp3) is 0.833. The van der Waals surface area contributed by atoms with Gasteiger partial charge in [0.25, 0.3) is 0 Å². The second kappa shape index (κ2) is 5.82. The van der Waals surface area contributed by atoms with Crippen molar-refractivity contribution < 1.29 is 0 Å². The third kappa shape index (κ3) is 3.32. The molecule has 1 N–H and O–H groups in total. The molecule has 1 unspecified atom stereocenters. The molecule has 2 aliphatic rings. The average Bonchev–Trinajstić information content (AvgIpc) is 2.72. The molecule has 1 heterocycles. The molecule has 0 aromatic heterocycles. The summed E-state index contributed by atoms with van der Waals surface area (Å²) in [5.74, 6) is 2.71. The van der Waals surface area contributed by atoms with Gasteiger partial charge in [-0.1, -0.05) is 11.6 Å². The van der Waals surface area contributed by atoms with Crippen molar-refractivity contribution >= 4 is 11.8 Å². The molecule has 0 bridgehead atoms. The predicted molar refractivity (Wildman–Crippen MR) is 64.9 cm³/mol. The summed E-state index contributed by atoms with van der Waals surface area (Å²) in [5.41, 5.74) is 1.70. The summed E-state index contributed by atoms with van der Waals surface area (Å²) in [4.78, 5) is 0. The van der Waals surface area contributed by atoms with Gasteiger partial charge < -0.3 is 5.32 Å². The molecule has 1 fully saturated rings. The van der Waals surface area contributed by atoms with Crippen molar-refractivity contribution in [3.8, 4) is 0 Å². The van der Waals surface area contributed by atoms with E-state index in [0.717, 1.165) is 6.04 Å². The first-order valence-corrected chi connectivity index (χ1v) is 7.09. The number of hydrogen-bond acceptors (Lipinski definition) is 2. The van der Waals surface area contributed by atoms with E-state index in [1.165, 1.54) is 56.6 Å². The molecule has 0 radical (unpaired) electrons. The maximum absolute atomic E-state index is 3.69. The highest BCUT2D eigenvalue weighted by Crippen LogP contribution is 2.20. The van der Waals surface area contributed by atoms with E-state index in [1.807, 2.05) is 0 Å². The predicted octanol–water partition coefficient (Wildman–Crippen LogP) is 2.97. The Morgan fingerprint density at radius 1 is 1.43 bits per heavy atom. The van der Waals surface area contributed by atoms with Gasteiger partial charge in [-0.3, -0.25) is 0 Å². The fourth-order valence-electron chi connectivity index (χ4n) is 2.30. The van der Waals surface area contributed by atoms with Gasteiger partial charge in [0.1, 0.15) is 0 Å². The van der Waals surface area contributed by atoms with Crippen molar-refractivity contribution in [1.82, 2.24) is 5.32 Å². The minimum Gasteiger partial charge on any atom is -0.313 e. The molecular weight excluding hydrogens is 190 g/mol. The van der Waals surface area contributed by atoms with Crippen LogP contribution in [0.15, 0.2) is 11.6 Å². The van der Waals surface area contributed by atoms with E-state index in [0.29, 0.717) is 0 Å². The quantitative estimate of drug-likeness (QED) is 0.718. The Bertz CT molecular complexity index is 194. The zero-order chi connectivity index (χ0) is 9.64. The summed E-state index contributed by atoms with van der Waals surface area (Å²) in [5, 5.41) is 3.69. The monoisotopic (exact) mass is 211 g/mol. The molecule has 0 aromatic rings. The van der Waals surface area contributed by atoms with Crippen LogP contribution in [-0.2, 0) is 0 Å². The van der Waals surface area contributed by atoms with Crippen LogP contribution in [-0.4, -0.2) is 24.1 Å². The van der Waals surface area contributed by atoms with Crippen LogP contribution < -0.4 is 5.32 Å². The molecule has 2 heteroatoms. The van der Waals surface area contributed by atoms with Gasteiger partial charge in [-0.25, -0.2) is 0 Å². The Morgan fingerprint density at radius 2 is 2.43 bits per heavy atom. The maximum Gasteiger partial charge on any atom is 0.0158 e. The first-order valence-electron chi connectivity index (χ1n) is 5.94. The Balaban J connectivity index is 1.57. The molecule has 1 saturated heterocycles. The van der Waals surface area contributed by atoms with Gasteiger partial charge in [-0.15, -0.1) is 0 Å². The number of rotatable bonds is 4. The zero-order valence-electron chi connectivity index (χ0n) is 8.93. The molecule has 1 aliphatic carbocycles. The smallest absolute Gasteiger partial charge is 0.0158 e. The topological polar surface area (TPSA) is 12.0 Å². The summed E-state index contributed by atoms with van der Waals surface area (Å²) in [6.07, 6.45) is 10.6. The number of allylic oxidation sites excluding steroid dienone is 1. The van der Waals surface area contributed by atoms with Gasteiger partial charge in [-0.05, 0) is 50.8 Å². The Morgan fingerprint density at radius 3 is 3.14 bits per heavy atom. The molecular formula is C12H21NS. The van der Waals surface area contributed by atoms with Crippen LogP contribution in [0.5, 0.6) is 0 Å². The lowest BCUT2D eigenvalue weighted by Gasteiger charge is -2.22. The SMILES string of the molecule is C1=C(CCNC2CCCSC2)CCC1. The van der Waals surface area contributed by atoms with Crippen LogP contribution in [0.4, 0.5) is 0 Å². The summed E-state index contributed by atoms with van der Waals surface area (Å²) in [6, 6.07) is 0.802. The first-order chi connectivity index (χ1) is 6.95. The van der Waals surface area contributed by atoms with Crippen molar-refractivity contribution in [3.63, 3.8) is 0 Å². The van der Waals surface area contributed by atoms with E-state index in [1.54, 1.807) is 5.57 Å². The van der Waals surface area contributed by atoms with E-state index in [2.05, 4.69) is 23.2 Å². The fourth-order valence-corrected chi connectivity index (χ4v) is 3.41. The van der Waals surface area contributed by atoms with E-state index in [4.69, 9.17) is 0 Å². The summed E-state index contributed by atoms with van der Waals surface area (Å²) >= 11 is 2.11. The highest BCUT2D eigenvalue weighted by Gasteiger charge is 2.12. The molecule has 0 spiro atoms. The highest BCUT2D eigenvalue weighted by molar-refractivity contribution is 7.99. The summed E-state index contributed by atoms with van der Waals surface area (Å²) in [7, 11) is 0. The Hall–Kier alpha value is 0.0500. The molecule has 0 aromatic carbocycles. The lowest BCUT2D eigenvalue weighted by molar-refractivity contribution is 0.509. The molecule has 14 heavy (non-hydrogen) atoms. The molecule has 0 saturated carbocycles. The van der Waals surface area contributed by atoms with E-state index < -0.39 is 0 Å². The standard InChI is InChI=1S/C12H21NS/c1-2-5-11(4-1)7-8-13-12-6-3-9-14-10-12/h4,12-13H,1-3,5-10H2. The molecule has 1 atom stereocenters. The zero-order valence-corrected chi connectivity index (χ0v) is 9.74. The van der Waals surface area contributed by atoms with Crippen molar-refractivity contribution in [1.29, 1.82) is 0 Å². The van der Waals surface area contributed by atoms with Gasteiger partial charge in [0.15, 0.2) is 0 Å². The maximum atomic E-state index is 3.69. The summed E-state index contributed by atoms with van der Waals surface area (Å²) < 4.78 is 0. The van der Waals surface area contributed by atoms with Crippen LogP contribution in [0.3, 0.4) is 0 Å². The Labute approximate surface area is 91.7 Å². The highest BCUT2D eigenvalue weighted by atomic mass is 32.2. The van der Waals surface area contributed by atoms with Crippen molar-refractivity contribution in [2.24, 2.45) is 0 Å². The van der Waals surface area contributed by atoms with Crippen LogP contribution >= 0.6 is 11.8 Å². The van der Waals surface area contributed by atoms with E-state index >= 15 is 0 Å². The van der Waals surface area contributed by atoms with E-state index in [9.17, 15) is 0 Å². The van der Waals surface area contributed by atoms with Crippen LogP contribution in [0.2, 0.25) is 0 Å². The van der Waals surface area contributed by atoms with Gasteiger partial charge in [0.05, 0.1) is 0 Å². The molecule has 2 rings (SSSR count). The lowest BCUT2D eigenvalue weighted by Crippen LogP contribution is -2.34. The minimum absolute atomic E-state index is 0.802. The van der Waals surface area contributed by atoms with Crippen LogP contribution in [0, 0.1) is 0 Å². The first kappa shape index (κ1) is 10.6. The number of hydrogen-bond donors (Lipinski definition) is 1. The van der Waals surface area contributed by atoms with Gasteiger partial charge in [0, 0.05) is 11.8 Å².